The molecule has 2 rings (SSSR count). The quantitative estimate of drug-likeness (QED) is 0.838. The molecule has 1 saturated carbocycles. The molecule has 0 amide bonds. The van der Waals surface area contributed by atoms with Crippen molar-refractivity contribution < 1.29 is 4.39 Å². The van der Waals surface area contributed by atoms with Crippen LogP contribution < -0.4 is 10.6 Å². The fourth-order valence-electron chi connectivity index (χ4n) is 2.37. The number of pyridine rings is 1. The highest BCUT2D eigenvalue weighted by Crippen LogP contribution is 2.42. The topological polar surface area (TPSA) is 37.0 Å². The van der Waals surface area contributed by atoms with Crippen LogP contribution in [-0.4, -0.2) is 28.1 Å². The van der Waals surface area contributed by atoms with E-state index < -0.39 is 0 Å². The molecular weight excluding hydrogens is 285 g/mol. The second kappa shape index (κ2) is 6.53. The van der Waals surface area contributed by atoms with Gasteiger partial charge in [-0.05, 0) is 45.9 Å². The van der Waals surface area contributed by atoms with Gasteiger partial charge in [-0.2, -0.15) is 11.8 Å². The van der Waals surface area contributed by atoms with Gasteiger partial charge in [-0.1, -0.05) is 6.42 Å². The van der Waals surface area contributed by atoms with Crippen LogP contribution in [0.5, 0.6) is 0 Å². The SMILES string of the molecule is CSC1(CNc2nccc(CNC(C)(C)C)c2F)CCC1. The highest BCUT2D eigenvalue weighted by Gasteiger charge is 2.36. The Bertz CT molecular complexity index is 475. The number of rotatable bonds is 6. The van der Waals surface area contributed by atoms with E-state index in [9.17, 15) is 4.39 Å². The van der Waals surface area contributed by atoms with Gasteiger partial charge in [0.2, 0.25) is 0 Å². The Labute approximate surface area is 131 Å². The first-order chi connectivity index (χ1) is 9.85. The second-order valence-electron chi connectivity index (χ2n) is 6.83. The van der Waals surface area contributed by atoms with Crippen LogP contribution in [-0.2, 0) is 6.54 Å². The monoisotopic (exact) mass is 311 g/mol. The Morgan fingerprint density at radius 1 is 1.38 bits per heavy atom. The van der Waals surface area contributed by atoms with Crippen LogP contribution in [0.1, 0.15) is 45.6 Å². The fourth-order valence-corrected chi connectivity index (χ4v) is 3.29. The van der Waals surface area contributed by atoms with Gasteiger partial charge in [0.05, 0.1) is 0 Å². The number of hydrogen-bond acceptors (Lipinski definition) is 4. The van der Waals surface area contributed by atoms with Gasteiger partial charge in [0.15, 0.2) is 11.6 Å². The third kappa shape index (κ3) is 4.33. The van der Waals surface area contributed by atoms with Crippen molar-refractivity contribution in [2.45, 2.75) is 56.9 Å². The lowest BCUT2D eigenvalue weighted by Gasteiger charge is -2.40. The van der Waals surface area contributed by atoms with Gasteiger partial charge in [0.25, 0.3) is 0 Å². The van der Waals surface area contributed by atoms with Crippen molar-refractivity contribution in [3.05, 3.63) is 23.6 Å². The molecule has 2 N–H and O–H groups in total. The van der Waals surface area contributed by atoms with Crippen molar-refractivity contribution in [2.24, 2.45) is 0 Å². The van der Waals surface area contributed by atoms with Crippen molar-refractivity contribution in [3.63, 3.8) is 0 Å². The number of halogens is 1. The summed E-state index contributed by atoms with van der Waals surface area (Å²) in [5, 5.41) is 6.52. The maximum absolute atomic E-state index is 14.5. The molecule has 1 aliphatic carbocycles. The third-order valence-electron chi connectivity index (χ3n) is 4.05. The van der Waals surface area contributed by atoms with E-state index in [4.69, 9.17) is 0 Å². The molecule has 0 atom stereocenters. The summed E-state index contributed by atoms with van der Waals surface area (Å²) in [6, 6.07) is 1.74. The smallest absolute Gasteiger partial charge is 0.169 e. The summed E-state index contributed by atoms with van der Waals surface area (Å²) < 4.78 is 14.7. The molecule has 118 valence electrons. The summed E-state index contributed by atoms with van der Waals surface area (Å²) >= 11 is 1.88. The zero-order chi connectivity index (χ0) is 15.5. The van der Waals surface area contributed by atoms with Gasteiger partial charge in [-0.15, -0.1) is 0 Å². The van der Waals surface area contributed by atoms with Gasteiger partial charge in [0.1, 0.15) is 0 Å². The Morgan fingerprint density at radius 2 is 2.10 bits per heavy atom. The van der Waals surface area contributed by atoms with Gasteiger partial charge >= 0.3 is 0 Å². The molecule has 1 heterocycles. The molecule has 5 heteroatoms. The van der Waals surface area contributed by atoms with Crippen LogP contribution in [0, 0.1) is 5.82 Å². The highest BCUT2D eigenvalue weighted by molar-refractivity contribution is 8.00. The van der Waals surface area contributed by atoms with E-state index in [1.165, 1.54) is 19.3 Å². The zero-order valence-electron chi connectivity index (χ0n) is 13.4. The highest BCUT2D eigenvalue weighted by atomic mass is 32.2. The van der Waals surface area contributed by atoms with Crippen LogP contribution in [0.15, 0.2) is 12.3 Å². The molecule has 0 spiro atoms. The fraction of sp³-hybridized carbons (Fsp3) is 0.688. The normalized spacial score (nSPS) is 17.4. The lowest BCUT2D eigenvalue weighted by atomic mass is 9.84. The summed E-state index contributed by atoms with van der Waals surface area (Å²) in [6.45, 7) is 7.52. The molecular formula is C16H26FN3S. The van der Waals surface area contributed by atoms with E-state index in [-0.39, 0.29) is 16.1 Å². The van der Waals surface area contributed by atoms with E-state index in [1.807, 2.05) is 11.8 Å². The van der Waals surface area contributed by atoms with Crippen LogP contribution in [0.4, 0.5) is 10.2 Å². The largest absolute Gasteiger partial charge is 0.366 e. The number of nitrogens with one attached hydrogen (secondary N) is 2. The molecule has 0 saturated heterocycles. The Balaban J connectivity index is 2.00. The molecule has 0 bridgehead atoms. The van der Waals surface area contributed by atoms with Crippen molar-refractivity contribution in [2.75, 3.05) is 18.1 Å². The maximum Gasteiger partial charge on any atom is 0.169 e. The minimum atomic E-state index is -0.232. The van der Waals surface area contributed by atoms with E-state index in [0.29, 0.717) is 17.9 Å². The third-order valence-corrected chi connectivity index (χ3v) is 5.47. The predicted octanol–water partition coefficient (Wildman–Crippen LogP) is 3.81. The first-order valence-electron chi connectivity index (χ1n) is 7.53. The van der Waals surface area contributed by atoms with Crippen LogP contribution in [0.3, 0.4) is 0 Å². The average molecular weight is 311 g/mol. The lowest BCUT2D eigenvalue weighted by molar-refractivity contribution is 0.379. The Kier molecular flexibility index (Phi) is 5.15. The molecule has 0 aliphatic heterocycles. The number of thioether (sulfide) groups is 1. The minimum Gasteiger partial charge on any atom is -0.366 e. The molecule has 1 aromatic heterocycles. The van der Waals surface area contributed by atoms with Crippen molar-refractivity contribution in [1.29, 1.82) is 0 Å². The summed E-state index contributed by atoms with van der Waals surface area (Å²) in [7, 11) is 0. The first kappa shape index (κ1) is 16.6. The molecule has 1 aliphatic rings. The Morgan fingerprint density at radius 3 is 2.62 bits per heavy atom. The molecule has 0 radical (unpaired) electrons. The summed E-state index contributed by atoms with van der Waals surface area (Å²) in [4.78, 5) is 4.16. The zero-order valence-corrected chi connectivity index (χ0v) is 14.2. The first-order valence-corrected chi connectivity index (χ1v) is 8.75. The average Bonchev–Trinajstić information content (AvgIpc) is 2.37. The van der Waals surface area contributed by atoms with Gasteiger partial charge in [-0.3, -0.25) is 0 Å². The Hall–Kier alpha value is -0.810. The molecule has 1 fully saturated rings. The van der Waals surface area contributed by atoms with Crippen molar-refractivity contribution >= 4 is 17.6 Å². The summed E-state index contributed by atoms with van der Waals surface area (Å²) in [6.07, 6.45) is 7.49. The number of hydrogen-bond donors (Lipinski definition) is 2. The molecule has 0 unspecified atom stereocenters. The lowest BCUT2D eigenvalue weighted by Crippen LogP contribution is -2.40. The summed E-state index contributed by atoms with van der Waals surface area (Å²) in [5.41, 5.74) is 0.632. The maximum atomic E-state index is 14.5. The molecule has 3 nitrogen and oxygen atoms in total. The molecule has 1 aromatic rings. The molecule has 21 heavy (non-hydrogen) atoms. The van der Waals surface area contributed by atoms with Crippen LogP contribution >= 0.6 is 11.8 Å². The summed E-state index contributed by atoms with van der Waals surface area (Å²) in [5.74, 6) is 0.147. The minimum absolute atomic E-state index is 0.0296. The number of nitrogens with zero attached hydrogens (tertiary/aromatic N) is 1. The van der Waals surface area contributed by atoms with E-state index in [1.54, 1.807) is 12.3 Å². The standard InChI is InChI=1S/C16H26FN3S/c1-15(2,3)20-10-12-6-9-18-14(13(12)17)19-11-16(21-4)7-5-8-16/h6,9,20H,5,7-8,10-11H2,1-4H3,(H,18,19). The second-order valence-corrected chi connectivity index (χ2v) is 8.10. The van der Waals surface area contributed by atoms with Gasteiger partial charge in [0, 0.05) is 35.1 Å². The predicted molar refractivity (Wildman–Crippen MR) is 89.4 cm³/mol. The van der Waals surface area contributed by atoms with E-state index in [2.05, 4.69) is 42.6 Å². The number of anilines is 1. The van der Waals surface area contributed by atoms with Crippen molar-refractivity contribution in [3.8, 4) is 0 Å². The van der Waals surface area contributed by atoms with Gasteiger partial charge in [-0.25, -0.2) is 9.37 Å². The van der Waals surface area contributed by atoms with Crippen LogP contribution in [0.25, 0.3) is 0 Å². The molecule has 0 aromatic carbocycles. The van der Waals surface area contributed by atoms with E-state index in [0.717, 1.165) is 6.54 Å². The number of aromatic nitrogens is 1. The van der Waals surface area contributed by atoms with E-state index >= 15 is 0 Å². The van der Waals surface area contributed by atoms with Gasteiger partial charge < -0.3 is 10.6 Å². The van der Waals surface area contributed by atoms with Crippen LogP contribution in [0.2, 0.25) is 0 Å². The van der Waals surface area contributed by atoms with Crippen molar-refractivity contribution in [1.82, 2.24) is 10.3 Å².